The number of aryl methyl sites for hydroxylation is 1. The van der Waals surface area contributed by atoms with Gasteiger partial charge in [-0.3, -0.25) is 4.57 Å². The van der Waals surface area contributed by atoms with E-state index in [1.54, 1.807) is 20.8 Å². The zero-order valence-electron chi connectivity index (χ0n) is 8.90. The van der Waals surface area contributed by atoms with Gasteiger partial charge in [0.05, 0.1) is 12.2 Å². The molecule has 5 heteroatoms. The van der Waals surface area contributed by atoms with Crippen molar-refractivity contribution >= 4 is 12.1 Å². The van der Waals surface area contributed by atoms with E-state index in [1.807, 2.05) is 0 Å². The summed E-state index contributed by atoms with van der Waals surface area (Å²) in [6.45, 7) is 5.23. The predicted octanol–water partition coefficient (Wildman–Crippen LogP) is 1.81. The lowest BCUT2D eigenvalue weighted by Crippen LogP contribution is -2.11. The molecule has 82 valence electrons. The van der Waals surface area contributed by atoms with E-state index < -0.39 is 12.1 Å². The summed E-state index contributed by atoms with van der Waals surface area (Å²) in [6, 6.07) is 0. The van der Waals surface area contributed by atoms with E-state index in [0.29, 0.717) is 16.8 Å². The molecular formula is C10H13NO4. The molecule has 0 radical (unpaired) electrons. The number of aromatic nitrogens is 1. The molecule has 15 heavy (non-hydrogen) atoms. The molecule has 0 aliphatic rings. The van der Waals surface area contributed by atoms with E-state index in [-0.39, 0.29) is 6.61 Å². The van der Waals surface area contributed by atoms with Crippen molar-refractivity contribution in [1.82, 2.24) is 4.57 Å². The number of carboxylic acid groups (broad SMARTS) is 1. The Morgan fingerprint density at radius 2 is 2.07 bits per heavy atom. The third-order valence-electron chi connectivity index (χ3n) is 2.13. The van der Waals surface area contributed by atoms with E-state index in [9.17, 15) is 9.59 Å². The van der Waals surface area contributed by atoms with Gasteiger partial charge in [0.2, 0.25) is 0 Å². The number of hydrogen-bond donors (Lipinski definition) is 1. The standard InChI is InChI=1S/C10H13NO4/c1-4-15-9(12)8-6(2)5-11(7(8)3)10(13)14/h5H,4H2,1-3H3,(H,13,14). The molecule has 1 aromatic heterocycles. The van der Waals surface area contributed by atoms with Gasteiger partial charge in [-0.1, -0.05) is 0 Å². The minimum absolute atomic E-state index is 0.274. The molecule has 1 rings (SSSR count). The van der Waals surface area contributed by atoms with Crippen molar-refractivity contribution in [2.45, 2.75) is 20.8 Å². The highest BCUT2D eigenvalue weighted by Crippen LogP contribution is 2.17. The van der Waals surface area contributed by atoms with Gasteiger partial charge in [0.15, 0.2) is 0 Å². The lowest BCUT2D eigenvalue weighted by Gasteiger charge is -2.03. The molecule has 0 spiro atoms. The number of carbonyl (C=O) groups excluding carboxylic acids is 1. The maximum absolute atomic E-state index is 11.5. The molecule has 0 saturated heterocycles. The maximum atomic E-state index is 11.5. The Bertz CT molecular complexity index is 406. The summed E-state index contributed by atoms with van der Waals surface area (Å²) in [4.78, 5) is 22.3. The number of hydrogen-bond acceptors (Lipinski definition) is 3. The Morgan fingerprint density at radius 1 is 1.47 bits per heavy atom. The van der Waals surface area contributed by atoms with Gasteiger partial charge in [-0.15, -0.1) is 0 Å². The summed E-state index contributed by atoms with van der Waals surface area (Å²) in [5.74, 6) is -0.479. The van der Waals surface area contributed by atoms with Gasteiger partial charge in [0.25, 0.3) is 0 Å². The van der Waals surface area contributed by atoms with Crippen LogP contribution >= 0.6 is 0 Å². The largest absolute Gasteiger partial charge is 0.464 e. The third kappa shape index (κ3) is 2.01. The highest BCUT2D eigenvalue weighted by Gasteiger charge is 2.20. The molecule has 0 fully saturated rings. The normalized spacial score (nSPS) is 10.1. The molecule has 5 nitrogen and oxygen atoms in total. The number of esters is 1. The van der Waals surface area contributed by atoms with E-state index in [0.717, 1.165) is 4.57 Å². The summed E-state index contributed by atoms with van der Waals surface area (Å²) in [5.41, 5.74) is 1.33. The van der Waals surface area contributed by atoms with Crippen LogP contribution in [0.25, 0.3) is 0 Å². The quantitative estimate of drug-likeness (QED) is 0.757. The Morgan fingerprint density at radius 3 is 2.47 bits per heavy atom. The third-order valence-corrected chi connectivity index (χ3v) is 2.13. The second-order valence-corrected chi connectivity index (χ2v) is 3.15. The first-order chi connectivity index (χ1) is 6.99. The van der Waals surface area contributed by atoms with Crippen LogP contribution in [0.15, 0.2) is 6.20 Å². The minimum atomic E-state index is -1.11. The van der Waals surface area contributed by atoms with Gasteiger partial charge in [-0.05, 0) is 26.3 Å². The van der Waals surface area contributed by atoms with Crippen molar-refractivity contribution in [1.29, 1.82) is 0 Å². The van der Waals surface area contributed by atoms with Gasteiger partial charge >= 0.3 is 12.1 Å². The highest BCUT2D eigenvalue weighted by atomic mass is 16.5. The number of rotatable bonds is 2. The van der Waals surface area contributed by atoms with E-state index in [1.165, 1.54) is 6.20 Å². The van der Waals surface area contributed by atoms with E-state index in [4.69, 9.17) is 9.84 Å². The molecule has 1 heterocycles. The van der Waals surface area contributed by atoms with E-state index >= 15 is 0 Å². The first-order valence-electron chi connectivity index (χ1n) is 4.58. The molecule has 0 bridgehead atoms. The van der Waals surface area contributed by atoms with Crippen LogP contribution in [0, 0.1) is 13.8 Å². The first kappa shape index (κ1) is 11.3. The highest BCUT2D eigenvalue weighted by molar-refractivity contribution is 5.93. The molecule has 1 N–H and O–H groups in total. The van der Waals surface area contributed by atoms with Crippen LogP contribution in [0.1, 0.15) is 28.5 Å². The molecule has 0 aromatic carbocycles. The lowest BCUT2D eigenvalue weighted by atomic mass is 10.2. The fourth-order valence-corrected chi connectivity index (χ4v) is 1.47. The maximum Gasteiger partial charge on any atom is 0.415 e. The molecular weight excluding hydrogens is 198 g/mol. The first-order valence-corrected chi connectivity index (χ1v) is 4.58. The zero-order chi connectivity index (χ0) is 11.6. The van der Waals surface area contributed by atoms with Crippen molar-refractivity contribution in [3.8, 4) is 0 Å². The van der Waals surface area contributed by atoms with Gasteiger partial charge in [0.1, 0.15) is 0 Å². The smallest absolute Gasteiger partial charge is 0.415 e. The van der Waals surface area contributed by atoms with Crippen molar-refractivity contribution in [3.05, 3.63) is 23.0 Å². The predicted molar refractivity (Wildman–Crippen MR) is 53.3 cm³/mol. The lowest BCUT2D eigenvalue weighted by molar-refractivity contribution is 0.0525. The van der Waals surface area contributed by atoms with Gasteiger partial charge in [0, 0.05) is 11.9 Å². The van der Waals surface area contributed by atoms with Crippen LogP contribution < -0.4 is 0 Å². The Kier molecular flexibility index (Phi) is 3.14. The zero-order valence-corrected chi connectivity index (χ0v) is 8.90. The van der Waals surface area contributed by atoms with Crippen LogP contribution in [-0.2, 0) is 4.74 Å². The molecule has 0 aliphatic heterocycles. The van der Waals surface area contributed by atoms with Crippen LogP contribution in [0.4, 0.5) is 4.79 Å². The van der Waals surface area contributed by atoms with Crippen LogP contribution in [0.3, 0.4) is 0 Å². The minimum Gasteiger partial charge on any atom is -0.464 e. The fourth-order valence-electron chi connectivity index (χ4n) is 1.47. The molecule has 1 aromatic rings. The van der Waals surface area contributed by atoms with Crippen LogP contribution in [-0.4, -0.2) is 28.3 Å². The average Bonchev–Trinajstić information content (AvgIpc) is 2.42. The fraction of sp³-hybridized carbons (Fsp3) is 0.400. The number of ether oxygens (including phenoxy) is 1. The SMILES string of the molecule is CCOC(=O)c1c(C)cn(C(=O)O)c1C. The van der Waals surface area contributed by atoms with Crippen molar-refractivity contribution in [3.63, 3.8) is 0 Å². The van der Waals surface area contributed by atoms with Crippen molar-refractivity contribution < 1.29 is 19.4 Å². The topological polar surface area (TPSA) is 68.5 Å². The molecule has 0 atom stereocenters. The summed E-state index contributed by atoms with van der Waals surface area (Å²) in [7, 11) is 0. The second kappa shape index (κ2) is 4.16. The molecule has 0 aliphatic carbocycles. The summed E-state index contributed by atoms with van der Waals surface area (Å²) < 4.78 is 5.85. The van der Waals surface area contributed by atoms with E-state index in [2.05, 4.69) is 0 Å². The Labute approximate surface area is 87.3 Å². The summed E-state index contributed by atoms with van der Waals surface area (Å²) >= 11 is 0. The Balaban J connectivity index is 3.19. The van der Waals surface area contributed by atoms with Gasteiger partial charge < -0.3 is 9.84 Å². The monoisotopic (exact) mass is 211 g/mol. The Hall–Kier alpha value is -1.78. The summed E-state index contributed by atoms with van der Waals surface area (Å²) in [5, 5.41) is 8.83. The van der Waals surface area contributed by atoms with Gasteiger partial charge in [-0.25, -0.2) is 9.59 Å². The number of carbonyl (C=O) groups is 2. The van der Waals surface area contributed by atoms with Crippen molar-refractivity contribution in [2.75, 3.05) is 6.61 Å². The second-order valence-electron chi connectivity index (χ2n) is 3.15. The van der Waals surface area contributed by atoms with Crippen LogP contribution in [0.2, 0.25) is 0 Å². The molecule has 0 amide bonds. The van der Waals surface area contributed by atoms with Crippen molar-refractivity contribution in [2.24, 2.45) is 0 Å². The average molecular weight is 211 g/mol. The van der Waals surface area contributed by atoms with Crippen LogP contribution in [0.5, 0.6) is 0 Å². The molecule has 0 saturated carbocycles. The van der Waals surface area contributed by atoms with Gasteiger partial charge in [-0.2, -0.15) is 0 Å². The number of nitrogens with zero attached hydrogens (tertiary/aromatic N) is 1. The summed E-state index contributed by atoms with van der Waals surface area (Å²) in [6.07, 6.45) is 0.301. The molecule has 0 unspecified atom stereocenters.